The molecule has 0 aliphatic heterocycles. The summed E-state index contributed by atoms with van der Waals surface area (Å²) in [6, 6.07) is 0.211. The predicted molar refractivity (Wildman–Crippen MR) is 51.3 cm³/mol. The first kappa shape index (κ1) is 12.9. The first-order valence-corrected chi connectivity index (χ1v) is 5.94. The fourth-order valence-corrected chi connectivity index (χ4v) is 2.66. The summed E-state index contributed by atoms with van der Waals surface area (Å²) in [7, 11) is -1.88. The first-order valence-electron chi connectivity index (χ1n) is 4.01. The number of allylic oxidation sites excluding steroid dienone is 1. The summed E-state index contributed by atoms with van der Waals surface area (Å²) in [5.74, 6) is -1.08. The second-order valence-electron chi connectivity index (χ2n) is 2.57. The van der Waals surface area contributed by atoms with Crippen molar-refractivity contribution >= 4 is 20.7 Å². The van der Waals surface area contributed by atoms with Crippen molar-refractivity contribution in [1.29, 1.82) is 0 Å². The zero-order valence-corrected chi connectivity index (χ0v) is 9.53. The van der Waals surface area contributed by atoms with Gasteiger partial charge in [-0.15, -0.1) is 6.58 Å². The minimum Gasteiger partial charge on any atom is -0.464 e. The summed E-state index contributed by atoms with van der Waals surface area (Å²) < 4.78 is 14.8. The highest BCUT2D eigenvalue weighted by Crippen LogP contribution is 2.15. The molecule has 0 amide bonds. The maximum Gasteiger partial charge on any atom is 0.639 e. The minimum absolute atomic E-state index is 0.211. The van der Waals surface area contributed by atoms with E-state index in [0.717, 1.165) is 0 Å². The van der Waals surface area contributed by atoms with Crippen LogP contribution in [0, 0.1) is 0 Å². The maximum atomic E-state index is 10.8. The van der Waals surface area contributed by atoms with Gasteiger partial charge < -0.3 is 13.3 Å². The molecule has 0 rings (SSSR count). The van der Waals surface area contributed by atoms with Crippen LogP contribution in [0.2, 0.25) is 6.04 Å². The van der Waals surface area contributed by atoms with Crippen molar-refractivity contribution in [2.24, 2.45) is 0 Å². The van der Waals surface area contributed by atoms with Crippen LogP contribution < -0.4 is 0 Å². The molecule has 80 valence electrons. The molecule has 0 aliphatic rings. The van der Waals surface area contributed by atoms with E-state index in [9.17, 15) is 9.59 Å². The second-order valence-corrected chi connectivity index (χ2v) is 5.16. The lowest BCUT2D eigenvalue weighted by Gasteiger charge is -2.24. The molecule has 0 bridgehead atoms. The Kier molecular flexibility index (Phi) is 5.10. The van der Waals surface area contributed by atoms with Crippen molar-refractivity contribution in [1.82, 2.24) is 0 Å². The Balaban J connectivity index is 4.66. The second kappa shape index (κ2) is 5.56. The molecule has 0 unspecified atom stereocenters. The van der Waals surface area contributed by atoms with Crippen molar-refractivity contribution in [3.8, 4) is 0 Å². The molecular weight excluding hydrogens is 204 g/mol. The summed E-state index contributed by atoms with van der Waals surface area (Å²) in [6.07, 6.45) is 1.49. The number of hydrogen-bond donors (Lipinski definition) is 0. The highest BCUT2D eigenvalue weighted by atomic mass is 28.4. The molecule has 6 heteroatoms. The van der Waals surface area contributed by atoms with E-state index in [2.05, 4.69) is 6.58 Å². The zero-order valence-electron chi connectivity index (χ0n) is 8.53. The normalized spacial score (nSPS) is 10.5. The van der Waals surface area contributed by atoms with Crippen molar-refractivity contribution in [3.05, 3.63) is 12.7 Å². The van der Waals surface area contributed by atoms with Crippen molar-refractivity contribution in [3.63, 3.8) is 0 Å². The maximum absolute atomic E-state index is 10.8. The van der Waals surface area contributed by atoms with Gasteiger partial charge in [-0.3, -0.25) is 9.59 Å². The number of carbonyl (C=O) groups excluding carboxylic acids is 2. The van der Waals surface area contributed by atoms with Gasteiger partial charge in [0.1, 0.15) is 0 Å². The predicted octanol–water partition coefficient (Wildman–Crippen LogP) is 0.884. The van der Waals surface area contributed by atoms with Gasteiger partial charge in [-0.1, -0.05) is 6.08 Å². The average Bonchev–Trinajstić information content (AvgIpc) is 2.02. The third-order valence-electron chi connectivity index (χ3n) is 1.30. The minimum atomic E-state index is -3.21. The molecule has 0 fully saturated rings. The molecule has 0 heterocycles. The monoisotopic (exact) mass is 218 g/mol. The SMILES string of the molecule is C=CC[Si](OC)(OC(C)=O)OC(C)=O. The van der Waals surface area contributed by atoms with Gasteiger partial charge >= 0.3 is 8.80 Å². The lowest BCUT2D eigenvalue weighted by molar-refractivity contribution is -0.142. The van der Waals surface area contributed by atoms with Gasteiger partial charge in [0.2, 0.25) is 0 Å². The van der Waals surface area contributed by atoms with Crippen molar-refractivity contribution in [2.75, 3.05) is 7.11 Å². The fourth-order valence-electron chi connectivity index (χ4n) is 0.886. The topological polar surface area (TPSA) is 61.8 Å². The molecule has 0 saturated heterocycles. The van der Waals surface area contributed by atoms with E-state index in [0.29, 0.717) is 0 Å². The fraction of sp³-hybridized carbons (Fsp3) is 0.500. The zero-order chi connectivity index (χ0) is 11.2. The van der Waals surface area contributed by atoms with Gasteiger partial charge in [0.15, 0.2) is 0 Å². The largest absolute Gasteiger partial charge is 0.639 e. The number of hydrogen-bond acceptors (Lipinski definition) is 5. The van der Waals surface area contributed by atoms with E-state index >= 15 is 0 Å². The quantitative estimate of drug-likeness (QED) is 0.506. The molecule has 0 aromatic heterocycles. The molecule has 14 heavy (non-hydrogen) atoms. The van der Waals surface area contributed by atoms with Gasteiger partial charge in [-0.2, -0.15) is 0 Å². The Morgan fingerprint density at radius 2 is 1.71 bits per heavy atom. The van der Waals surface area contributed by atoms with Gasteiger partial charge in [0, 0.05) is 21.0 Å². The van der Waals surface area contributed by atoms with Crippen LogP contribution in [-0.4, -0.2) is 27.9 Å². The van der Waals surface area contributed by atoms with E-state index in [1.165, 1.54) is 27.0 Å². The van der Waals surface area contributed by atoms with Crippen LogP contribution in [0.15, 0.2) is 12.7 Å². The van der Waals surface area contributed by atoms with E-state index in [-0.39, 0.29) is 6.04 Å². The average molecular weight is 218 g/mol. The highest BCUT2D eigenvalue weighted by molar-refractivity contribution is 6.64. The van der Waals surface area contributed by atoms with E-state index in [4.69, 9.17) is 13.3 Å². The van der Waals surface area contributed by atoms with Crippen molar-refractivity contribution < 1.29 is 22.9 Å². The third-order valence-corrected chi connectivity index (χ3v) is 3.91. The molecule has 5 nitrogen and oxygen atoms in total. The summed E-state index contributed by atoms with van der Waals surface area (Å²) in [4.78, 5) is 21.6. The molecule has 0 N–H and O–H groups in total. The van der Waals surface area contributed by atoms with Gasteiger partial charge in [0.25, 0.3) is 11.9 Å². The molecule has 0 radical (unpaired) electrons. The molecule has 0 aromatic carbocycles. The molecule has 0 aromatic rings. The molecule has 0 aliphatic carbocycles. The van der Waals surface area contributed by atoms with Crippen LogP contribution >= 0.6 is 0 Å². The Labute approximate surface area is 84.0 Å². The van der Waals surface area contributed by atoms with Gasteiger partial charge in [0.05, 0.1) is 6.04 Å². The summed E-state index contributed by atoms with van der Waals surface area (Å²) in [5, 5.41) is 0. The molecule has 0 saturated carbocycles. The molecule has 0 atom stereocenters. The van der Waals surface area contributed by atoms with E-state index in [1.54, 1.807) is 0 Å². The van der Waals surface area contributed by atoms with E-state index < -0.39 is 20.7 Å². The Morgan fingerprint density at radius 1 is 1.29 bits per heavy atom. The van der Waals surface area contributed by atoms with Crippen LogP contribution in [0.3, 0.4) is 0 Å². The number of carbonyl (C=O) groups is 2. The van der Waals surface area contributed by atoms with Crippen LogP contribution in [0.5, 0.6) is 0 Å². The van der Waals surface area contributed by atoms with Crippen LogP contribution in [0.25, 0.3) is 0 Å². The standard InChI is InChI=1S/C8H14O5Si/c1-5-6-14(11-4,12-7(2)9)13-8(3)10/h5H,1,6H2,2-4H3. The van der Waals surface area contributed by atoms with Crippen molar-refractivity contribution in [2.45, 2.75) is 19.9 Å². The van der Waals surface area contributed by atoms with Gasteiger partial charge in [-0.25, -0.2) is 0 Å². The Morgan fingerprint density at radius 3 is 1.93 bits per heavy atom. The summed E-state index contributed by atoms with van der Waals surface area (Å²) in [6.45, 7) is 5.94. The third kappa shape index (κ3) is 4.20. The molecule has 0 spiro atoms. The van der Waals surface area contributed by atoms with Crippen LogP contribution in [0.4, 0.5) is 0 Å². The molecular formula is C8H14O5Si. The van der Waals surface area contributed by atoms with Crippen LogP contribution in [-0.2, 0) is 22.9 Å². The smallest absolute Gasteiger partial charge is 0.464 e. The number of rotatable bonds is 5. The lowest BCUT2D eigenvalue weighted by Crippen LogP contribution is -2.46. The lowest BCUT2D eigenvalue weighted by atomic mass is 10.8. The Bertz CT molecular complexity index is 222. The summed E-state index contributed by atoms with van der Waals surface area (Å²) >= 11 is 0. The Hall–Kier alpha value is -1.14. The summed E-state index contributed by atoms with van der Waals surface area (Å²) in [5.41, 5.74) is 0. The van der Waals surface area contributed by atoms with E-state index in [1.807, 2.05) is 0 Å². The van der Waals surface area contributed by atoms with Gasteiger partial charge in [-0.05, 0) is 0 Å². The first-order chi connectivity index (χ1) is 6.45. The van der Waals surface area contributed by atoms with Crippen LogP contribution in [0.1, 0.15) is 13.8 Å². The highest BCUT2D eigenvalue weighted by Gasteiger charge is 2.45.